The zero-order valence-electron chi connectivity index (χ0n) is 15.3. The van der Waals surface area contributed by atoms with E-state index in [1.54, 1.807) is 0 Å². The Balaban J connectivity index is 2.38. The molecule has 0 aliphatic heterocycles. The molecule has 1 aliphatic rings. The van der Waals surface area contributed by atoms with Gasteiger partial charge in [-0.05, 0) is 36.9 Å². The van der Waals surface area contributed by atoms with Crippen LogP contribution in [0.2, 0.25) is 37.8 Å². The fraction of sp³-hybridized carbons (Fsp3) is 0.882. The molecule has 0 aromatic carbocycles. The Kier molecular flexibility index (Phi) is 5.59. The van der Waals surface area contributed by atoms with Gasteiger partial charge >= 0.3 is 0 Å². The lowest BCUT2D eigenvalue weighted by molar-refractivity contribution is -0.0812. The highest BCUT2D eigenvalue weighted by Gasteiger charge is 2.44. The van der Waals surface area contributed by atoms with Crippen LogP contribution in [0.5, 0.6) is 0 Å². The van der Waals surface area contributed by atoms with Gasteiger partial charge in [0.2, 0.25) is 0 Å². The van der Waals surface area contributed by atoms with Gasteiger partial charge in [-0.1, -0.05) is 40.4 Å². The molecule has 4 heteroatoms. The van der Waals surface area contributed by atoms with Crippen LogP contribution in [-0.2, 0) is 4.43 Å². The van der Waals surface area contributed by atoms with Crippen molar-refractivity contribution in [2.75, 3.05) is 6.61 Å². The van der Waals surface area contributed by atoms with Gasteiger partial charge in [0.05, 0.1) is 5.60 Å². The molecule has 1 saturated carbocycles. The Hall–Kier alpha value is -0.0862. The number of aliphatic hydroxyl groups is 1. The van der Waals surface area contributed by atoms with E-state index in [0.29, 0.717) is 12.3 Å². The van der Waals surface area contributed by atoms with Crippen LogP contribution in [0.15, 0.2) is 0 Å². The standard InChI is InChI=1S/C17H34O2Si2/c1-16(2,3)21(7,8)19-14-15-12-17(18,13-15)10-9-11-20(4,5)6/h15,18H,10,12-14H2,1-8H3/t15-,17-. The van der Waals surface area contributed by atoms with Crippen molar-refractivity contribution in [1.82, 2.24) is 0 Å². The number of hydrogen-bond donors (Lipinski definition) is 1. The van der Waals surface area contributed by atoms with Crippen molar-refractivity contribution >= 4 is 16.4 Å². The summed E-state index contributed by atoms with van der Waals surface area (Å²) >= 11 is 0. The molecule has 122 valence electrons. The van der Waals surface area contributed by atoms with Crippen LogP contribution in [0.3, 0.4) is 0 Å². The van der Waals surface area contributed by atoms with E-state index in [9.17, 15) is 5.11 Å². The molecular weight excluding hydrogens is 292 g/mol. The van der Waals surface area contributed by atoms with E-state index in [4.69, 9.17) is 4.43 Å². The summed E-state index contributed by atoms with van der Waals surface area (Å²) in [7, 11) is -2.97. The summed E-state index contributed by atoms with van der Waals surface area (Å²) < 4.78 is 6.25. The molecule has 1 N–H and O–H groups in total. The molecule has 2 nitrogen and oxygen atoms in total. The van der Waals surface area contributed by atoms with Crippen molar-refractivity contribution in [2.24, 2.45) is 5.92 Å². The predicted octanol–water partition coefficient (Wildman–Crippen LogP) is 4.42. The van der Waals surface area contributed by atoms with Crippen LogP contribution < -0.4 is 0 Å². The second-order valence-electron chi connectivity index (χ2n) is 9.30. The first-order valence-corrected chi connectivity index (χ1v) is 14.5. The fourth-order valence-corrected chi connectivity index (χ4v) is 4.00. The minimum Gasteiger partial charge on any atom is -0.417 e. The first kappa shape index (κ1) is 19.0. The minimum absolute atomic E-state index is 0.260. The third-order valence-electron chi connectivity index (χ3n) is 4.70. The molecule has 0 unspecified atom stereocenters. The van der Waals surface area contributed by atoms with Gasteiger partial charge in [-0.15, -0.1) is 11.5 Å². The molecule has 0 spiro atoms. The predicted molar refractivity (Wildman–Crippen MR) is 96.6 cm³/mol. The number of rotatable bonds is 4. The van der Waals surface area contributed by atoms with Gasteiger partial charge in [-0.2, -0.15) is 0 Å². The van der Waals surface area contributed by atoms with Crippen molar-refractivity contribution in [3.8, 4) is 11.5 Å². The third kappa shape index (κ3) is 5.90. The Morgan fingerprint density at radius 3 is 2.10 bits per heavy atom. The minimum atomic E-state index is -1.65. The summed E-state index contributed by atoms with van der Waals surface area (Å²) in [4.78, 5) is 0. The molecule has 1 aliphatic carbocycles. The lowest BCUT2D eigenvalue weighted by atomic mass is 9.70. The maximum Gasteiger partial charge on any atom is 0.191 e. The summed E-state index contributed by atoms with van der Waals surface area (Å²) in [6.07, 6.45) is 2.33. The van der Waals surface area contributed by atoms with Gasteiger partial charge in [-0.3, -0.25) is 0 Å². The van der Waals surface area contributed by atoms with E-state index in [0.717, 1.165) is 19.4 Å². The fourth-order valence-electron chi connectivity index (χ4n) is 2.29. The lowest BCUT2D eigenvalue weighted by Gasteiger charge is -2.45. The molecule has 0 bridgehead atoms. The average molecular weight is 327 g/mol. The topological polar surface area (TPSA) is 29.5 Å². The molecular formula is C17H34O2Si2. The number of hydrogen-bond acceptors (Lipinski definition) is 2. The zero-order valence-corrected chi connectivity index (χ0v) is 17.3. The van der Waals surface area contributed by atoms with Gasteiger partial charge < -0.3 is 9.53 Å². The van der Waals surface area contributed by atoms with Gasteiger partial charge in [-0.25, -0.2) is 0 Å². The van der Waals surface area contributed by atoms with Gasteiger partial charge in [0, 0.05) is 13.0 Å². The first-order valence-electron chi connectivity index (χ1n) is 8.11. The highest BCUT2D eigenvalue weighted by atomic mass is 28.4. The molecule has 0 saturated heterocycles. The Labute approximate surface area is 133 Å². The largest absolute Gasteiger partial charge is 0.417 e. The van der Waals surface area contributed by atoms with E-state index in [1.807, 2.05) is 0 Å². The van der Waals surface area contributed by atoms with Gasteiger partial charge in [0.15, 0.2) is 8.32 Å². The summed E-state index contributed by atoms with van der Waals surface area (Å²) in [6.45, 7) is 18.9. The monoisotopic (exact) mass is 326 g/mol. The molecule has 0 atom stereocenters. The van der Waals surface area contributed by atoms with E-state index in [2.05, 4.69) is 65.0 Å². The second kappa shape index (κ2) is 6.19. The van der Waals surface area contributed by atoms with Crippen molar-refractivity contribution in [1.29, 1.82) is 0 Å². The first-order chi connectivity index (χ1) is 9.24. The normalized spacial score (nSPS) is 26.8. The molecule has 1 rings (SSSR count). The van der Waals surface area contributed by atoms with E-state index in [1.165, 1.54) is 0 Å². The van der Waals surface area contributed by atoms with E-state index < -0.39 is 22.0 Å². The van der Waals surface area contributed by atoms with E-state index >= 15 is 0 Å². The SMILES string of the molecule is CC(C)(C)[Si](C)(C)OC[C@H]1C[C@@](O)(CC#C[Si](C)(C)C)C1. The summed E-state index contributed by atoms with van der Waals surface area (Å²) in [5.41, 5.74) is 2.79. The zero-order chi connectivity index (χ0) is 16.5. The molecule has 0 aromatic heterocycles. The molecule has 21 heavy (non-hydrogen) atoms. The maximum absolute atomic E-state index is 10.4. The van der Waals surface area contributed by atoms with Crippen molar-refractivity contribution in [3.05, 3.63) is 0 Å². The Morgan fingerprint density at radius 1 is 1.14 bits per heavy atom. The highest BCUT2D eigenvalue weighted by molar-refractivity contribution is 6.83. The maximum atomic E-state index is 10.4. The van der Waals surface area contributed by atoms with E-state index in [-0.39, 0.29) is 5.04 Å². The average Bonchev–Trinajstić information content (AvgIpc) is 2.19. The van der Waals surface area contributed by atoms with Crippen LogP contribution in [-0.4, -0.2) is 33.7 Å². The molecule has 0 amide bonds. The van der Waals surface area contributed by atoms with Gasteiger partial charge in [0.25, 0.3) is 0 Å². The second-order valence-corrected chi connectivity index (χ2v) is 18.9. The summed E-state index contributed by atoms with van der Waals surface area (Å²) in [6, 6.07) is 0. The van der Waals surface area contributed by atoms with Crippen molar-refractivity contribution in [3.63, 3.8) is 0 Å². The van der Waals surface area contributed by atoms with Crippen LogP contribution >= 0.6 is 0 Å². The molecule has 0 aromatic rings. The summed E-state index contributed by atoms with van der Waals surface area (Å²) in [5, 5.41) is 10.7. The lowest BCUT2D eigenvalue weighted by Crippen LogP contribution is -2.48. The van der Waals surface area contributed by atoms with Crippen LogP contribution in [0, 0.1) is 17.4 Å². The molecule has 0 heterocycles. The highest BCUT2D eigenvalue weighted by Crippen LogP contribution is 2.42. The third-order valence-corrected chi connectivity index (χ3v) is 10.1. The Bertz CT molecular complexity index is 413. The molecule has 0 radical (unpaired) electrons. The van der Waals surface area contributed by atoms with Crippen LogP contribution in [0.1, 0.15) is 40.0 Å². The van der Waals surface area contributed by atoms with Gasteiger partial charge in [0.1, 0.15) is 8.07 Å². The van der Waals surface area contributed by atoms with Crippen molar-refractivity contribution in [2.45, 2.75) is 83.4 Å². The smallest absolute Gasteiger partial charge is 0.191 e. The Morgan fingerprint density at radius 2 is 1.67 bits per heavy atom. The summed E-state index contributed by atoms with van der Waals surface area (Å²) in [5.74, 6) is 3.73. The van der Waals surface area contributed by atoms with Crippen LogP contribution in [0.4, 0.5) is 0 Å². The van der Waals surface area contributed by atoms with Crippen LogP contribution in [0.25, 0.3) is 0 Å². The molecule has 1 fully saturated rings. The quantitative estimate of drug-likeness (QED) is 0.612. The van der Waals surface area contributed by atoms with Crippen molar-refractivity contribution < 1.29 is 9.53 Å².